The van der Waals surface area contributed by atoms with Crippen LogP contribution in [0.4, 0.5) is 0 Å². The third-order valence-electron chi connectivity index (χ3n) is 11.9. The van der Waals surface area contributed by atoms with Crippen LogP contribution < -0.4 is 5.32 Å². The third kappa shape index (κ3) is 53.1. The van der Waals surface area contributed by atoms with Gasteiger partial charge in [0.2, 0.25) is 5.91 Å². The van der Waals surface area contributed by atoms with Crippen molar-refractivity contribution in [3.63, 3.8) is 0 Å². The number of likely N-dealkylation sites (N-methyl/N-ethyl adjacent to an activating group) is 1. The highest BCUT2D eigenvalue weighted by Crippen LogP contribution is 2.43. The minimum atomic E-state index is -4.47. The molecule has 416 valence electrons. The topological polar surface area (TPSA) is 111 Å². The lowest BCUT2D eigenvalue weighted by Gasteiger charge is -2.27. The van der Waals surface area contributed by atoms with Crippen LogP contribution in [-0.4, -0.2) is 74.3 Å². The minimum absolute atomic E-state index is 0.0178. The van der Waals surface area contributed by atoms with E-state index in [4.69, 9.17) is 13.8 Å². The minimum Gasteiger partial charge on any atom is -0.456 e. The summed E-state index contributed by atoms with van der Waals surface area (Å²) in [6, 6.07) is -0.898. The van der Waals surface area contributed by atoms with E-state index in [0.717, 1.165) is 96.3 Å². The van der Waals surface area contributed by atoms with Crippen LogP contribution in [0.15, 0.2) is 122 Å². The van der Waals surface area contributed by atoms with Gasteiger partial charge < -0.3 is 19.4 Å². The summed E-state index contributed by atoms with van der Waals surface area (Å²) in [5, 5.41) is 3.01. The molecule has 9 nitrogen and oxygen atoms in total. The van der Waals surface area contributed by atoms with E-state index in [1.54, 1.807) is 0 Å². The van der Waals surface area contributed by atoms with E-state index in [1.807, 2.05) is 45.4 Å². The molecule has 0 saturated carbocycles. The second-order valence-electron chi connectivity index (χ2n) is 20.1. The molecule has 3 unspecified atom stereocenters. The van der Waals surface area contributed by atoms with Crippen LogP contribution in [0.25, 0.3) is 0 Å². The Morgan fingerprint density at radius 1 is 0.493 bits per heavy atom. The van der Waals surface area contributed by atoms with Gasteiger partial charge in [0, 0.05) is 12.8 Å². The standard InChI is InChI=1S/C63H107N2O7P/c1-7-10-13-16-19-22-25-27-29-31-32-34-36-38-41-44-47-50-53-56-63(67)72-61(54-51-48-45-42-39-24-21-18-15-12-9-3)60(59-71-73(68,69)70-58-57-65(4,5)6)64-62(66)55-52-49-46-43-40-37-35-33-30-28-26-23-20-17-14-11-8-2/h10,13,19-20,22-23,27-30,32,34-35,37-38,41,47,50-51,54,60-61H,7-9,11-12,14-18,21,24-26,31,33,36,39-40,42-46,48-49,52-53,55-59H2,1-6H3,(H-,64,66,68,69)/p+1/b13-10-,22-19-,23-20-,29-27-,30-28-,34-32-,37-35-,41-38-,50-47-,54-51+. The van der Waals surface area contributed by atoms with E-state index in [-0.39, 0.29) is 32.0 Å². The van der Waals surface area contributed by atoms with Gasteiger partial charge in [-0.2, -0.15) is 0 Å². The lowest BCUT2D eigenvalue weighted by Crippen LogP contribution is -2.47. The molecule has 0 aromatic rings. The molecular weight excluding hydrogens is 928 g/mol. The Bertz CT molecular complexity index is 1660. The van der Waals surface area contributed by atoms with Crippen LogP contribution in [0, 0.1) is 0 Å². The number of allylic oxidation sites excluding steroid dienone is 19. The Balaban J connectivity index is 5.48. The molecule has 2 N–H and O–H groups in total. The van der Waals surface area contributed by atoms with Crippen LogP contribution in [0.3, 0.4) is 0 Å². The van der Waals surface area contributed by atoms with Crippen molar-refractivity contribution in [2.45, 2.75) is 226 Å². The van der Waals surface area contributed by atoms with Gasteiger partial charge in [-0.15, -0.1) is 0 Å². The number of esters is 1. The molecule has 0 rings (SSSR count). The number of phosphoric acid groups is 1. The fraction of sp³-hybridized carbons (Fsp3) is 0.651. The van der Waals surface area contributed by atoms with Crippen molar-refractivity contribution in [3.8, 4) is 0 Å². The van der Waals surface area contributed by atoms with E-state index in [2.05, 4.69) is 123 Å². The van der Waals surface area contributed by atoms with Crippen LogP contribution in [-0.2, 0) is 27.9 Å². The summed E-state index contributed by atoms with van der Waals surface area (Å²) in [5.74, 6) is -0.639. The van der Waals surface area contributed by atoms with Crippen molar-refractivity contribution < 1.29 is 37.3 Å². The van der Waals surface area contributed by atoms with Crippen molar-refractivity contribution in [1.29, 1.82) is 0 Å². The molecule has 0 spiro atoms. The van der Waals surface area contributed by atoms with Gasteiger partial charge in [0.1, 0.15) is 19.3 Å². The molecule has 0 radical (unpaired) electrons. The van der Waals surface area contributed by atoms with Crippen molar-refractivity contribution >= 4 is 19.7 Å². The number of amides is 1. The van der Waals surface area contributed by atoms with Crippen molar-refractivity contribution in [2.24, 2.45) is 0 Å². The number of rotatable bonds is 50. The number of nitrogens with zero attached hydrogens (tertiary/aromatic N) is 1. The van der Waals surface area contributed by atoms with E-state index in [9.17, 15) is 19.0 Å². The van der Waals surface area contributed by atoms with Crippen molar-refractivity contribution in [3.05, 3.63) is 122 Å². The number of unbranched alkanes of at least 4 members (excludes halogenated alkanes) is 16. The highest BCUT2D eigenvalue weighted by atomic mass is 31.2. The summed E-state index contributed by atoms with van der Waals surface area (Å²) in [5.41, 5.74) is 0. The molecule has 0 aliphatic carbocycles. The lowest BCUT2D eigenvalue weighted by molar-refractivity contribution is -0.870. The molecular formula is C63H108N2O7P+. The van der Waals surface area contributed by atoms with Crippen LogP contribution >= 0.6 is 7.82 Å². The summed E-state index contributed by atoms with van der Waals surface area (Å²) < 4.78 is 30.5. The first-order valence-electron chi connectivity index (χ1n) is 28.9. The molecule has 0 bridgehead atoms. The molecule has 0 saturated heterocycles. The summed E-state index contributed by atoms with van der Waals surface area (Å²) in [6.07, 6.45) is 72.1. The number of quaternary nitrogens is 1. The van der Waals surface area contributed by atoms with Gasteiger partial charge in [-0.05, 0) is 109 Å². The third-order valence-corrected chi connectivity index (χ3v) is 12.9. The molecule has 0 fully saturated rings. The van der Waals surface area contributed by atoms with Crippen molar-refractivity contribution in [2.75, 3.05) is 40.9 Å². The van der Waals surface area contributed by atoms with Crippen LogP contribution in [0.2, 0.25) is 0 Å². The number of carbonyl (C=O) groups excluding carboxylic acids is 2. The fourth-order valence-electron chi connectivity index (χ4n) is 7.44. The Labute approximate surface area is 448 Å². The average molecular weight is 1040 g/mol. The first-order chi connectivity index (χ1) is 35.4. The molecule has 0 heterocycles. The number of ether oxygens (including phenoxy) is 1. The zero-order valence-electron chi connectivity index (χ0n) is 47.3. The molecule has 0 aliphatic rings. The van der Waals surface area contributed by atoms with Gasteiger partial charge in [0.05, 0.1) is 33.8 Å². The molecule has 73 heavy (non-hydrogen) atoms. The van der Waals surface area contributed by atoms with Gasteiger partial charge in [-0.3, -0.25) is 18.6 Å². The molecule has 1 amide bonds. The van der Waals surface area contributed by atoms with Gasteiger partial charge in [-0.1, -0.05) is 213 Å². The zero-order chi connectivity index (χ0) is 53.6. The van der Waals surface area contributed by atoms with Crippen LogP contribution in [0.1, 0.15) is 213 Å². The maximum atomic E-state index is 13.5. The quantitative estimate of drug-likeness (QED) is 0.0205. The Hall–Kier alpha value is -3.59. The van der Waals surface area contributed by atoms with Gasteiger partial charge in [0.15, 0.2) is 0 Å². The Kier molecular flexibility index (Phi) is 49.3. The normalized spacial score (nSPS) is 14.7. The highest BCUT2D eigenvalue weighted by Gasteiger charge is 2.30. The van der Waals surface area contributed by atoms with Gasteiger partial charge in [-0.25, -0.2) is 4.57 Å². The SMILES string of the molecule is CC/C=C\C/C=C\C/C=C\C/C=C\C/C=C\C/C=C\CCC(=O)OC(/C=C/CCCCCCCCCCC)C(COP(=O)(O)OCC[N+](C)(C)C)NC(=O)CCCCCC/C=C\C/C=C\C/C=C\CCCCC. The van der Waals surface area contributed by atoms with E-state index in [0.29, 0.717) is 23.9 Å². The monoisotopic (exact) mass is 1040 g/mol. The predicted molar refractivity (Wildman–Crippen MR) is 313 cm³/mol. The molecule has 3 atom stereocenters. The maximum absolute atomic E-state index is 13.5. The summed E-state index contributed by atoms with van der Waals surface area (Å²) in [4.78, 5) is 37.5. The molecule has 0 aliphatic heterocycles. The highest BCUT2D eigenvalue weighted by molar-refractivity contribution is 7.47. The number of carbonyl (C=O) groups is 2. The van der Waals surface area contributed by atoms with Gasteiger partial charge >= 0.3 is 13.8 Å². The average Bonchev–Trinajstić information content (AvgIpc) is 3.35. The predicted octanol–water partition coefficient (Wildman–Crippen LogP) is 17.5. The summed E-state index contributed by atoms with van der Waals surface area (Å²) in [7, 11) is 1.42. The molecule has 0 aromatic heterocycles. The molecule has 0 aromatic carbocycles. The summed E-state index contributed by atoms with van der Waals surface area (Å²) >= 11 is 0. The smallest absolute Gasteiger partial charge is 0.456 e. The second-order valence-corrected chi connectivity index (χ2v) is 21.5. The lowest BCUT2D eigenvalue weighted by atomic mass is 10.1. The molecule has 10 heteroatoms. The number of phosphoric ester groups is 1. The van der Waals surface area contributed by atoms with E-state index < -0.39 is 25.9 Å². The number of hydrogen-bond acceptors (Lipinski definition) is 6. The first kappa shape index (κ1) is 69.4. The number of hydrogen-bond donors (Lipinski definition) is 2. The Morgan fingerprint density at radius 3 is 1.37 bits per heavy atom. The number of nitrogens with one attached hydrogen (secondary N) is 1. The first-order valence-corrected chi connectivity index (χ1v) is 30.4. The van der Waals surface area contributed by atoms with Crippen molar-refractivity contribution in [1.82, 2.24) is 5.32 Å². The largest absolute Gasteiger partial charge is 0.472 e. The zero-order valence-corrected chi connectivity index (χ0v) is 48.2. The Morgan fingerprint density at radius 2 is 0.890 bits per heavy atom. The van der Waals surface area contributed by atoms with Crippen LogP contribution in [0.5, 0.6) is 0 Å². The van der Waals surface area contributed by atoms with Gasteiger partial charge in [0.25, 0.3) is 0 Å². The van der Waals surface area contributed by atoms with E-state index >= 15 is 0 Å². The summed E-state index contributed by atoms with van der Waals surface area (Å²) in [6.45, 7) is 6.77. The second kappa shape index (κ2) is 51.9. The van der Waals surface area contributed by atoms with E-state index in [1.165, 1.54) is 70.6 Å². The maximum Gasteiger partial charge on any atom is 0.472 e. The fourth-order valence-corrected chi connectivity index (χ4v) is 8.18.